The maximum Gasteiger partial charge on any atom is 0.152 e. The summed E-state index contributed by atoms with van der Waals surface area (Å²) < 4.78 is 23.6. The monoisotopic (exact) mass is 337 g/mol. The Morgan fingerprint density at radius 2 is 2.18 bits per heavy atom. The van der Waals surface area contributed by atoms with Crippen molar-refractivity contribution in [3.05, 3.63) is 27.2 Å². The molecule has 1 fully saturated rings. The molecule has 1 aliphatic heterocycles. The van der Waals surface area contributed by atoms with Gasteiger partial charge in [0.1, 0.15) is 0 Å². The molecule has 0 aromatic heterocycles. The molecule has 1 unspecified atom stereocenters. The van der Waals surface area contributed by atoms with Crippen LogP contribution in [0.25, 0.3) is 0 Å². The van der Waals surface area contributed by atoms with Gasteiger partial charge in [0.05, 0.1) is 17.2 Å². The first-order valence-electron chi connectivity index (χ1n) is 5.30. The SMILES string of the molecule is Cc1cc(Br)c(NC2CCS(=O)(=O)C2)cc1Cl. The number of sulfone groups is 1. The molecule has 17 heavy (non-hydrogen) atoms. The van der Waals surface area contributed by atoms with Crippen molar-refractivity contribution in [2.24, 2.45) is 0 Å². The van der Waals surface area contributed by atoms with Crippen LogP contribution in [0.15, 0.2) is 16.6 Å². The fourth-order valence-corrected chi connectivity index (χ4v) is 4.29. The van der Waals surface area contributed by atoms with E-state index < -0.39 is 9.84 Å². The van der Waals surface area contributed by atoms with Crippen molar-refractivity contribution < 1.29 is 8.42 Å². The number of hydrogen-bond donors (Lipinski definition) is 1. The number of aryl methyl sites for hydroxylation is 1. The van der Waals surface area contributed by atoms with Crippen molar-refractivity contribution in [3.8, 4) is 0 Å². The predicted molar refractivity (Wildman–Crippen MR) is 74.6 cm³/mol. The van der Waals surface area contributed by atoms with Crippen LogP contribution >= 0.6 is 27.5 Å². The lowest BCUT2D eigenvalue weighted by Crippen LogP contribution is -2.20. The zero-order chi connectivity index (χ0) is 12.6. The molecular weight excluding hydrogens is 326 g/mol. The Labute approximate surface area is 115 Å². The molecule has 3 nitrogen and oxygen atoms in total. The number of anilines is 1. The summed E-state index contributed by atoms with van der Waals surface area (Å²) in [5.74, 6) is 0.465. The Bertz CT molecular complexity index is 545. The van der Waals surface area contributed by atoms with Gasteiger partial charge >= 0.3 is 0 Å². The van der Waals surface area contributed by atoms with Crippen molar-refractivity contribution in [3.63, 3.8) is 0 Å². The minimum Gasteiger partial charge on any atom is -0.380 e. The predicted octanol–water partition coefficient (Wildman–Crippen LogP) is 3.01. The summed E-state index contributed by atoms with van der Waals surface area (Å²) in [7, 11) is -2.86. The summed E-state index contributed by atoms with van der Waals surface area (Å²) in [4.78, 5) is 0. The third-order valence-corrected chi connectivity index (χ3v) is 5.67. The van der Waals surface area contributed by atoms with Crippen molar-refractivity contribution in [1.82, 2.24) is 0 Å². The summed E-state index contributed by atoms with van der Waals surface area (Å²) in [5.41, 5.74) is 1.84. The normalized spacial score (nSPS) is 22.6. The lowest BCUT2D eigenvalue weighted by atomic mass is 10.2. The maximum absolute atomic E-state index is 11.4. The quantitative estimate of drug-likeness (QED) is 0.901. The van der Waals surface area contributed by atoms with Gasteiger partial charge in [0.2, 0.25) is 0 Å². The maximum atomic E-state index is 11.4. The van der Waals surface area contributed by atoms with Gasteiger partial charge in [-0.15, -0.1) is 0 Å². The molecule has 94 valence electrons. The van der Waals surface area contributed by atoms with Crippen LogP contribution in [0.3, 0.4) is 0 Å². The first-order chi connectivity index (χ1) is 7.87. The molecule has 2 rings (SSSR count). The van der Waals surface area contributed by atoms with Gasteiger partial charge in [0.25, 0.3) is 0 Å². The summed E-state index contributed by atoms with van der Waals surface area (Å²) in [5, 5.41) is 3.90. The first-order valence-corrected chi connectivity index (χ1v) is 8.29. The molecule has 1 heterocycles. The second-order valence-electron chi connectivity index (χ2n) is 4.33. The number of hydrogen-bond acceptors (Lipinski definition) is 3. The second-order valence-corrected chi connectivity index (χ2v) is 7.82. The molecule has 1 saturated heterocycles. The number of benzene rings is 1. The van der Waals surface area contributed by atoms with Gasteiger partial charge in [-0.05, 0) is 47.0 Å². The van der Waals surface area contributed by atoms with Gasteiger partial charge < -0.3 is 5.32 Å². The van der Waals surface area contributed by atoms with Crippen LogP contribution in [0.4, 0.5) is 5.69 Å². The number of rotatable bonds is 2. The van der Waals surface area contributed by atoms with E-state index in [1.807, 2.05) is 19.1 Å². The Hall–Kier alpha value is -0.260. The van der Waals surface area contributed by atoms with Crippen molar-refractivity contribution >= 4 is 43.1 Å². The molecule has 0 bridgehead atoms. The van der Waals surface area contributed by atoms with E-state index in [9.17, 15) is 8.42 Å². The van der Waals surface area contributed by atoms with Crippen LogP contribution < -0.4 is 5.32 Å². The Morgan fingerprint density at radius 3 is 2.76 bits per heavy atom. The van der Waals surface area contributed by atoms with E-state index in [0.717, 1.165) is 15.7 Å². The first kappa shape index (κ1) is 13.2. The molecule has 6 heteroatoms. The standard InChI is InChI=1S/C11H13BrClNO2S/c1-7-4-9(12)11(5-10(7)13)14-8-2-3-17(15,16)6-8/h4-5,8,14H,2-3,6H2,1H3. The van der Waals surface area contributed by atoms with Crippen LogP contribution in [-0.2, 0) is 9.84 Å². The molecule has 0 radical (unpaired) electrons. The van der Waals surface area contributed by atoms with Crippen molar-refractivity contribution in [2.45, 2.75) is 19.4 Å². The Kier molecular flexibility index (Phi) is 3.71. The average Bonchev–Trinajstić information content (AvgIpc) is 2.54. The molecule has 0 spiro atoms. The fraction of sp³-hybridized carbons (Fsp3) is 0.455. The lowest BCUT2D eigenvalue weighted by Gasteiger charge is -2.15. The molecule has 1 aromatic rings. The third-order valence-electron chi connectivity index (χ3n) is 2.84. The highest BCUT2D eigenvalue weighted by molar-refractivity contribution is 9.10. The van der Waals surface area contributed by atoms with Gasteiger partial charge in [-0.3, -0.25) is 0 Å². The number of nitrogens with one attached hydrogen (secondary N) is 1. The van der Waals surface area contributed by atoms with Gasteiger partial charge in [-0.25, -0.2) is 8.42 Å². The van der Waals surface area contributed by atoms with Crippen molar-refractivity contribution in [2.75, 3.05) is 16.8 Å². The lowest BCUT2D eigenvalue weighted by molar-refractivity contribution is 0.602. The fourth-order valence-electron chi connectivity index (χ4n) is 1.89. The van der Waals surface area contributed by atoms with Crippen LogP contribution in [0.2, 0.25) is 5.02 Å². The van der Waals surface area contributed by atoms with E-state index >= 15 is 0 Å². The zero-order valence-electron chi connectivity index (χ0n) is 9.33. The molecule has 1 aromatic carbocycles. The van der Waals surface area contributed by atoms with Crippen LogP contribution in [0.1, 0.15) is 12.0 Å². The summed E-state index contributed by atoms with van der Waals surface area (Å²) >= 11 is 9.49. The zero-order valence-corrected chi connectivity index (χ0v) is 12.5. The second kappa shape index (κ2) is 4.78. The average molecular weight is 339 g/mol. The van der Waals surface area contributed by atoms with Crippen LogP contribution in [-0.4, -0.2) is 26.0 Å². The molecule has 0 aliphatic carbocycles. The summed E-state index contributed by atoms with van der Waals surface area (Å²) in [6, 6.07) is 3.73. The molecule has 1 atom stereocenters. The molecule has 0 amide bonds. The van der Waals surface area contributed by atoms with Crippen LogP contribution in [0, 0.1) is 6.92 Å². The number of halogens is 2. The molecule has 1 N–H and O–H groups in total. The van der Waals surface area contributed by atoms with Crippen LogP contribution in [0.5, 0.6) is 0 Å². The minimum atomic E-state index is -2.86. The highest BCUT2D eigenvalue weighted by Crippen LogP contribution is 2.30. The smallest absolute Gasteiger partial charge is 0.152 e. The van der Waals surface area contributed by atoms with Gasteiger partial charge in [0, 0.05) is 15.5 Å². The minimum absolute atomic E-state index is 0.0185. The highest BCUT2D eigenvalue weighted by Gasteiger charge is 2.28. The van der Waals surface area contributed by atoms with Crippen molar-refractivity contribution in [1.29, 1.82) is 0 Å². The molecular formula is C11H13BrClNO2S. The van der Waals surface area contributed by atoms with E-state index in [2.05, 4.69) is 21.2 Å². The van der Waals surface area contributed by atoms with E-state index in [4.69, 9.17) is 11.6 Å². The highest BCUT2D eigenvalue weighted by atomic mass is 79.9. The Morgan fingerprint density at radius 1 is 1.47 bits per heavy atom. The van der Waals surface area contributed by atoms with E-state index in [-0.39, 0.29) is 17.5 Å². The molecule has 0 saturated carbocycles. The largest absolute Gasteiger partial charge is 0.380 e. The summed E-state index contributed by atoms with van der Waals surface area (Å²) in [6.45, 7) is 1.93. The van der Waals surface area contributed by atoms with E-state index in [0.29, 0.717) is 11.4 Å². The van der Waals surface area contributed by atoms with E-state index in [1.165, 1.54) is 0 Å². The topological polar surface area (TPSA) is 46.2 Å². The Balaban J connectivity index is 2.17. The molecule has 1 aliphatic rings. The van der Waals surface area contributed by atoms with Gasteiger partial charge in [-0.2, -0.15) is 0 Å². The summed E-state index contributed by atoms with van der Waals surface area (Å²) in [6.07, 6.45) is 0.653. The van der Waals surface area contributed by atoms with E-state index in [1.54, 1.807) is 0 Å². The van der Waals surface area contributed by atoms with Gasteiger partial charge in [0.15, 0.2) is 9.84 Å². The van der Waals surface area contributed by atoms with Gasteiger partial charge in [-0.1, -0.05) is 11.6 Å². The third kappa shape index (κ3) is 3.14.